The van der Waals surface area contributed by atoms with Crippen LogP contribution < -0.4 is 21.6 Å². The quantitative estimate of drug-likeness (QED) is 0.642. The van der Waals surface area contributed by atoms with Crippen LogP contribution in [0.4, 0.5) is 10.6 Å². The molecule has 8 heteroatoms. The number of carbonyl (C=O) groups is 1. The zero-order valence-corrected chi connectivity index (χ0v) is 12.6. The standard InChI is InChI=1S/C15H18N6O2/c16-15(23)19-17-10-11-13(20-7-3-1-4-8-20)18-12-6-2-5-9-21(12)14(11)22/h2,5-6,9-10H,1,3-4,7-8H2,(H3,16,19,23)/b17-10-. The maximum absolute atomic E-state index is 12.7. The first kappa shape index (κ1) is 15.0. The number of amides is 2. The highest BCUT2D eigenvalue weighted by Gasteiger charge is 2.19. The van der Waals surface area contributed by atoms with E-state index in [1.54, 1.807) is 18.3 Å². The molecule has 0 aliphatic carbocycles. The molecule has 3 heterocycles. The number of nitrogens with one attached hydrogen (secondary N) is 1. The lowest BCUT2D eigenvalue weighted by Crippen LogP contribution is -2.34. The van der Waals surface area contributed by atoms with Gasteiger partial charge in [0.1, 0.15) is 17.0 Å². The average molecular weight is 314 g/mol. The molecule has 1 aliphatic rings. The van der Waals surface area contributed by atoms with Crippen molar-refractivity contribution in [1.82, 2.24) is 14.8 Å². The maximum atomic E-state index is 12.7. The first-order valence-corrected chi connectivity index (χ1v) is 7.51. The fourth-order valence-electron chi connectivity index (χ4n) is 2.71. The number of fused-ring (bicyclic) bond motifs is 1. The highest BCUT2D eigenvalue weighted by Crippen LogP contribution is 2.19. The van der Waals surface area contributed by atoms with Gasteiger partial charge in [0.05, 0.1) is 6.21 Å². The van der Waals surface area contributed by atoms with Gasteiger partial charge in [0.2, 0.25) is 0 Å². The number of pyridine rings is 1. The van der Waals surface area contributed by atoms with E-state index in [1.807, 2.05) is 6.07 Å². The number of rotatable bonds is 3. The number of hydrogen-bond acceptors (Lipinski definition) is 5. The van der Waals surface area contributed by atoms with Gasteiger partial charge in [0, 0.05) is 19.3 Å². The van der Waals surface area contributed by atoms with Crippen LogP contribution in [0.15, 0.2) is 34.3 Å². The normalized spacial score (nSPS) is 15.2. The molecule has 0 aromatic carbocycles. The van der Waals surface area contributed by atoms with Crippen LogP contribution in [0.1, 0.15) is 24.8 Å². The molecular formula is C15H18N6O2. The predicted octanol–water partition coefficient (Wildman–Crippen LogP) is 0.687. The molecular weight excluding hydrogens is 296 g/mol. The monoisotopic (exact) mass is 314 g/mol. The van der Waals surface area contributed by atoms with E-state index >= 15 is 0 Å². The fraction of sp³-hybridized carbons (Fsp3) is 0.333. The second-order valence-electron chi connectivity index (χ2n) is 5.37. The van der Waals surface area contributed by atoms with Gasteiger partial charge >= 0.3 is 6.03 Å². The number of aromatic nitrogens is 2. The molecule has 0 unspecified atom stereocenters. The molecule has 1 aliphatic heterocycles. The van der Waals surface area contributed by atoms with Crippen LogP contribution in [0, 0.1) is 0 Å². The third-order valence-electron chi connectivity index (χ3n) is 3.77. The summed E-state index contributed by atoms with van der Waals surface area (Å²) in [4.78, 5) is 30.2. The number of primary amides is 1. The minimum Gasteiger partial charge on any atom is -0.356 e. The van der Waals surface area contributed by atoms with Gasteiger partial charge in [-0.25, -0.2) is 15.2 Å². The molecule has 0 bridgehead atoms. The van der Waals surface area contributed by atoms with E-state index in [0.29, 0.717) is 17.0 Å². The topological polar surface area (TPSA) is 105 Å². The van der Waals surface area contributed by atoms with Crippen molar-refractivity contribution in [2.24, 2.45) is 10.8 Å². The molecule has 3 rings (SSSR count). The molecule has 0 saturated carbocycles. The molecule has 0 atom stereocenters. The van der Waals surface area contributed by atoms with Crippen molar-refractivity contribution in [3.63, 3.8) is 0 Å². The summed E-state index contributed by atoms with van der Waals surface area (Å²) in [6.07, 6.45) is 6.26. The van der Waals surface area contributed by atoms with Gasteiger partial charge in [0.15, 0.2) is 0 Å². The lowest BCUT2D eigenvalue weighted by molar-refractivity contribution is 0.249. The van der Waals surface area contributed by atoms with Crippen LogP contribution in [0.3, 0.4) is 0 Å². The van der Waals surface area contributed by atoms with Crippen LogP contribution in [0.25, 0.3) is 5.65 Å². The number of urea groups is 1. The Bertz CT molecular complexity index is 807. The van der Waals surface area contributed by atoms with Gasteiger partial charge in [0.25, 0.3) is 5.56 Å². The molecule has 1 saturated heterocycles. The van der Waals surface area contributed by atoms with E-state index in [-0.39, 0.29) is 5.56 Å². The Labute approximate surface area is 132 Å². The zero-order valence-electron chi connectivity index (χ0n) is 12.6. The summed E-state index contributed by atoms with van der Waals surface area (Å²) in [6, 6.07) is 4.61. The Morgan fingerprint density at radius 2 is 2.09 bits per heavy atom. The molecule has 0 spiro atoms. The summed E-state index contributed by atoms with van der Waals surface area (Å²) in [6.45, 7) is 1.69. The number of piperidine rings is 1. The summed E-state index contributed by atoms with van der Waals surface area (Å²) in [7, 11) is 0. The maximum Gasteiger partial charge on any atom is 0.332 e. The average Bonchev–Trinajstić information content (AvgIpc) is 2.57. The van der Waals surface area contributed by atoms with Crippen molar-refractivity contribution in [2.75, 3.05) is 18.0 Å². The summed E-state index contributed by atoms with van der Waals surface area (Å²) in [5.74, 6) is 0.593. The lowest BCUT2D eigenvalue weighted by Gasteiger charge is -2.28. The molecule has 1 fully saturated rings. The van der Waals surface area contributed by atoms with E-state index in [4.69, 9.17) is 5.73 Å². The molecule has 3 N–H and O–H groups in total. The number of hydrazone groups is 1. The molecule has 2 aromatic rings. The van der Waals surface area contributed by atoms with Gasteiger partial charge in [-0.3, -0.25) is 9.20 Å². The molecule has 8 nitrogen and oxygen atoms in total. The second-order valence-corrected chi connectivity index (χ2v) is 5.37. The molecule has 2 amide bonds. The summed E-state index contributed by atoms with van der Waals surface area (Å²) >= 11 is 0. The second kappa shape index (κ2) is 6.47. The van der Waals surface area contributed by atoms with Crippen molar-refractivity contribution in [1.29, 1.82) is 0 Å². The van der Waals surface area contributed by atoms with E-state index in [0.717, 1.165) is 25.9 Å². The minimum atomic E-state index is -0.783. The number of carbonyl (C=O) groups excluding carboxylic acids is 1. The van der Waals surface area contributed by atoms with Crippen molar-refractivity contribution < 1.29 is 4.79 Å². The van der Waals surface area contributed by atoms with Crippen LogP contribution in [-0.4, -0.2) is 34.7 Å². The van der Waals surface area contributed by atoms with Crippen LogP contribution in [0.2, 0.25) is 0 Å². The Hall–Kier alpha value is -2.90. The van der Waals surface area contributed by atoms with E-state index in [9.17, 15) is 9.59 Å². The Morgan fingerprint density at radius 3 is 2.83 bits per heavy atom. The van der Waals surface area contributed by atoms with Crippen LogP contribution >= 0.6 is 0 Å². The zero-order chi connectivity index (χ0) is 16.2. The summed E-state index contributed by atoms with van der Waals surface area (Å²) < 4.78 is 1.46. The molecule has 120 valence electrons. The fourth-order valence-corrected chi connectivity index (χ4v) is 2.71. The van der Waals surface area contributed by atoms with Gasteiger partial charge in [-0.15, -0.1) is 0 Å². The van der Waals surface area contributed by atoms with Crippen molar-refractivity contribution >= 4 is 23.7 Å². The van der Waals surface area contributed by atoms with Gasteiger partial charge < -0.3 is 10.6 Å². The first-order chi connectivity index (χ1) is 11.2. The Kier molecular flexibility index (Phi) is 4.22. The van der Waals surface area contributed by atoms with Gasteiger partial charge in [-0.2, -0.15) is 5.10 Å². The van der Waals surface area contributed by atoms with E-state index < -0.39 is 6.03 Å². The predicted molar refractivity (Wildman–Crippen MR) is 87.8 cm³/mol. The first-order valence-electron chi connectivity index (χ1n) is 7.51. The van der Waals surface area contributed by atoms with Crippen LogP contribution in [0.5, 0.6) is 0 Å². The van der Waals surface area contributed by atoms with Gasteiger partial charge in [-0.1, -0.05) is 6.07 Å². The van der Waals surface area contributed by atoms with Crippen LogP contribution in [-0.2, 0) is 0 Å². The summed E-state index contributed by atoms with van der Waals surface area (Å²) in [5, 5.41) is 3.73. The third-order valence-corrected chi connectivity index (χ3v) is 3.77. The van der Waals surface area contributed by atoms with Crippen molar-refractivity contribution in [3.8, 4) is 0 Å². The summed E-state index contributed by atoms with van der Waals surface area (Å²) in [5.41, 5.74) is 7.79. The highest BCUT2D eigenvalue weighted by atomic mass is 16.2. The van der Waals surface area contributed by atoms with Crippen molar-refractivity contribution in [3.05, 3.63) is 40.3 Å². The number of nitrogens with zero attached hydrogens (tertiary/aromatic N) is 4. The minimum absolute atomic E-state index is 0.230. The van der Waals surface area contributed by atoms with Gasteiger partial charge in [-0.05, 0) is 31.4 Å². The van der Waals surface area contributed by atoms with E-state index in [2.05, 4.69) is 20.4 Å². The largest absolute Gasteiger partial charge is 0.356 e. The van der Waals surface area contributed by atoms with Crippen molar-refractivity contribution in [2.45, 2.75) is 19.3 Å². The third kappa shape index (κ3) is 3.15. The Balaban J connectivity index is 2.12. The van der Waals surface area contributed by atoms with E-state index in [1.165, 1.54) is 17.0 Å². The Morgan fingerprint density at radius 1 is 1.30 bits per heavy atom. The lowest BCUT2D eigenvalue weighted by atomic mass is 10.1. The SMILES string of the molecule is NC(=O)N/N=C\c1c(N2CCCCC2)nc2ccccn2c1=O. The highest BCUT2D eigenvalue weighted by molar-refractivity contribution is 5.87. The smallest absolute Gasteiger partial charge is 0.332 e. The number of nitrogens with two attached hydrogens (primary N) is 1. The molecule has 23 heavy (non-hydrogen) atoms. The molecule has 2 aromatic heterocycles. The number of anilines is 1. The number of hydrogen-bond donors (Lipinski definition) is 2. The molecule has 0 radical (unpaired) electrons.